The van der Waals surface area contributed by atoms with E-state index in [9.17, 15) is 9.59 Å². The first-order valence-electron chi connectivity index (χ1n) is 7.81. The van der Waals surface area contributed by atoms with E-state index in [0.717, 1.165) is 17.3 Å². The van der Waals surface area contributed by atoms with Gasteiger partial charge in [-0.3, -0.25) is 9.59 Å². The molecule has 0 aliphatic carbocycles. The van der Waals surface area contributed by atoms with Crippen molar-refractivity contribution in [3.8, 4) is 5.75 Å². The van der Waals surface area contributed by atoms with Crippen LogP contribution in [0.4, 0.5) is 0 Å². The number of ether oxygens (including phenoxy) is 1. The Morgan fingerprint density at radius 1 is 1.26 bits per heavy atom. The van der Waals surface area contributed by atoms with Gasteiger partial charge in [0.25, 0.3) is 11.5 Å². The van der Waals surface area contributed by atoms with Gasteiger partial charge in [0.2, 0.25) is 0 Å². The minimum Gasteiger partial charge on any atom is -0.497 e. The molecule has 1 heterocycles. The molecule has 2 aromatic rings. The molecule has 5 heteroatoms. The van der Waals surface area contributed by atoms with Crippen molar-refractivity contribution in [2.24, 2.45) is 0 Å². The second-order valence-electron chi connectivity index (χ2n) is 6.64. The predicted molar refractivity (Wildman–Crippen MR) is 92.3 cm³/mol. The smallest absolute Gasteiger partial charge is 0.263 e. The Bertz CT molecular complexity index is 785. The van der Waals surface area contributed by atoms with Crippen molar-refractivity contribution in [3.05, 3.63) is 40.2 Å². The lowest BCUT2D eigenvalue weighted by atomic mass is 10.1. The van der Waals surface area contributed by atoms with Crippen molar-refractivity contribution < 1.29 is 9.53 Å². The SMILES string of the molecule is CCCn1c(=O)c(C(=O)NC(C)(C)C)cc2ccc(OC)cc21. The number of benzene rings is 1. The number of rotatable bonds is 4. The molecule has 0 bridgehead atoms. The van der Waals surface area contributed by atoms with Crippen LogP contribution in [-0.2, 0) is 6.54 Å². The summed E-state index contributed by atoms with van der Waals surface area (Å²) >= 11 is 0. The number of pyridine rings is 1. The van der Waals surface area contributed by atoms with Crippen molar-refractivity contribution in [2.75, 3.05) is 7.11 Å². The average Bonchev–Trinajstić information content (AvgIpc) is 2.47. The van der Waals surface area contributed by atoms with E-state index in [2.05, 4.69) is 5.32 Å². The molecular weight excluding hydrogens is 292 g/mol. The van der Waals surface area contributed by atoms with Crippen LogP contribution in [0.2, 0.25) is 0 Å². The number of aromatic nitrogens is 1. The quantitative estimate of drug-likeness (QED) is 0.943. The van der Waals surface area contributed by atoms with Crippen molar-refractivity contribution in [1.82, 2.24) is 9.88 Å². The Balaban J connectivity index is 2.66. The molecule has 124 valence electrons. The molecule has 0 radical (unpaired) electrons. The summed E-state index contributed by atoms with van der Waals surface area (Å²) in [5.41, 5.74) is 0.289. The summed E-state index contributed by atoms with van der Waals surface area (Å²) in [4.78, 5) is 25.2. The van der Waals surface area contributed by atoms with Gasteiger partial charge in [-0.25, -0.2) is 0 Å². The Kier molecular flexibility index (Phi) is 4.78. The Hall–Kier alpha value is -2.30. The first-order chi connectivity index (χ1) is 10.8. The van der Waals surface area contributed by atoms with Gasteiger partial charge in [0, 0.05) is 18.2 Å². The molecule has 0 aliphatic heterocycles. The van der Waals surface area contributed by atoms with Gasteiger partial charge in [0.1, 0.15) is 11.3 Å². The molecule has 0 aliphatic rings. The van der Waals surface area contributed by atoms with Crippen LogP contribution in [0.25, 0.3) is 10.9 Å². The zero-order valence-electron chi connectivity index (χ0n) is 14.4. The zero-order valence-corrected chi connectivity index (χ0v) is 14.4. The maximum Gasteiger partial charge on any atom is 0.263 e. The van der Waals surface area contributed by atoms with Gasteiger partial charge >= 0.3 is 0 Å². The molecule has 0 spiro atoms. The van der Waals surface area contributed by atoms with E-state index in [1.807, 2.05) is 45.9 Å². The first-order valence-corrected chi connectivity index (χ1v) is 7.81. The molecule has 1 aromatic carbocycles. The fraction of sp³-hybridized carbons (Fsp3) is 0.444. The Labute approximate surface area is 136 Å². The number of fused-ring (bicyclic) bond motifs is 1. The fourth-order valence-corrected chi connectivity index (χ4v) is 2.49. The largest absolute Gasteiger partial charge is 0.497 e. The number of hydrogen-bond donors (Lipinski definition) is 1. The van der Waals surface area contributed by atoms with Gasteiger partial charge in [-0.2, -0.15) is 0 Å². The van der Waals surface area contributed by atoms with E-state index in [4.69, 9.17) is 4.74 Å². The highest BCUT2D eigenvalue weighted by molar-refractivity contribution is 5.97. The number of amides is 1. The van der Waals surface area contributed by atoms with Crippen LogP contribution in [0, 0.1) is 0 Å². The molecule has 0 atom stereocenters. The number of methoxy groups -OCH3 is 1. The van der Waals surface area contributed by atoms with Crippen LogP contribution >= 0.6 is 0 Å². The van der Waals surface area contributed by atoms with Gasteiger partial charge in [0.05, 0.1) is 12.6 Å². The summed E-state index contributed by atoms with van der Waals surface area (Å²) < 4.78 is 6.89. The predicted octanol–water partition coefficient (Wildman–Crippen LogP) is 2.95. The topological polar surface area (TPSA) is 60.3 Å². The number of aryl methyl sites for hydroxylation is 1. The number of carbonyl (C=O) groups is 1. The lowest BCUT2D eigenvalue weighted by molar-refractivity contribution is 0.0917. The van der Waals surface area contributed by atoms with Crippen LogP contribution in [0.1, 0.15) is 44.5 Å². The molecule has 1 aromatic heterocycles. The molecule has 23 heavy (non-hydrogen) atoms. The Morgan fingerprint density at radius 2 is 1.96 bits per heavy atom. The highest BCUT2D eigenvalue weighted by Gasteiger charge is 2.20. The average molecular weight is 316 g/mol. The zero-order chi connectivity index (χ0) is 17.2. The van der Waals surface area contributed by atoms with Gasteiger partial charge < -0.3 is 14.6 Å². The number of hydrogen-bond acceptors (Lipinski definition) is 3. The number of nitrogens with zero attached hydrogens (tertiary/aromatic N) is 1. The molecule has 0 unspecified atom stereocenters. The van der Waals surface area contributed by atoms with Crippen molar-refractivity contribution in [2.45, 2.75) is 46.2 Å². The van der Waals surface area contributed by atoms with Gasteiger partial charge in [-0.15, -0.1) is 0 Å². The number of carbonyl (C=O) groups excluding carboxylic acids is 1. The summed E-state index contributed by atoms with van der Waals surface area (Å²) in [5, 5.41) is 3.70. The summed E-state index contributed by atoms with van der Waals surface area (Å²) in [6, 6.07) is 7.18. The second kappa shape index (κ2) is 6.44. The van der Waals surface area contributed by atoms with Crippen LogP contribution in [-0.4, -0.2) is 23.1 Å². The van der Waals surface area contributed by atoms with Crippen LogP contribution in [0.15, 0.2) is 29.1 Å². The van der Waals surface area contributed by atoms with Crippen LogP contribution in [0.3, 0.4) is 0 Å². The molecular formula is C18H24N2O3. The molecule has 0 fully saturated rings. The van der Waals surface area contributed by atoms with Crippen molar-refractivity contribution in [1.29, 1.82) is 0 Å². The maximum atomic E-state index is 12.8. The molecule has 1 amide bonds. The Morgan fingerprint density at radius 3 is 2.52 bits per heavy atom. The second-order valence-corrected chi connectivity index (χ2v) is 6.64. The highest BCUT2D eigenvalue weighted by Crippen LogP contribution is 2.21. The van der Waals surface area contributed by atoms with E-state index in [-0.39, 0.29) is 17.0 Å². The fourth-order valence-electron chi connectivity index (χ4n) is 2.49. The number of nitrogens with one attached hydrogen (secondary N) is 1. The van der Waals surface area contributed by atoms with Crippen molar-refractivity contribution >= 4 is 16.8 Å². The van der Waals surface area contributed by atoms with Gasteiger partial charge in [0.15, 0.2) is 0 Å². The van der Waals surface area contributed by atoms with Crippen LogP contribution in [0.5, 0.6) is 5.75 Å². The molecule has 0 saturated carbocycles. The van der Waals surface area contributed by atoms with Gasteiger partial charge in [-0.05, 0) is 50.8 Å². The monoisotopic (exact) mass is 316 g/mol. The van der Waals surface area contributed by atoms with E-state index in [1.165, 1.54) is 0 Å². The lowest BCUT2D eigenvalue weighted by Crippen LogP contribution is -2.43. The molecule has 2 rings (SSSR count). The minimum atomic E-state index is -0.395. The van der Waals surface area contributed by atoms with E-state index < -0.39 is 5.54 Å². The summed E-state index contributed by atoms with van der Waals surface area (Å²) in [5.74, 6) is 0.346. The summed E-state index contributed by atoms with van der Waals surface area (Å²) in [7, 11) is 1.59. The van der Waals surface area contributed by atoms with E-state index >= 15 is 0 Å². The van der Waals surface area contributed by atoms with Crippen LogP contribution < -0.4 is 15.6 Å². The molecule has 1 N–H and O–H groups in total. The first kappa shape index (κ1) is 17.1. The third kappa shape index (κ3) is 3.73. The summed E-state index contributed by atoms with van der Waals surface area (Å²) in [6.07, 6.45) is 0.802. The van der Waals surface area contributed by atoms with Crippen molar-refractivity contribution in [3.63, 3.8) is 0 Å². The van der Waals surface area contributed by atoms with Gasteiger partial charge in [-0.1, -0.05) is 6.92 Å². The highest BCUT2D eigenvalue weighted by atomic mass is 16.5. The van der Waals surface area contributed by atoms with E-state index in [0.29, 0.717) is 12.3 Å². The maximum absolute atomic E-state index is 12.8. The standard InChI is InChI=1S/C18H24N2O3/c1-6-9-20-15-11-13(23-5)8-7-12(15)10-14(17(20)22)16(21)19-18(2,3)4/h7-8,10-11H,6,9H2,1-5H3,(H,19,21). The third-order valence-electron chi connectivity index (χ3n) is 3.48. The van der Waals surface area contributed by atoms with E-state index in [1.54, 1.807) is 17.7 Å². The summed E-state index contributed by atoms with van der Waals surface area (Å²) in [6.45, 7) is 8.23. The third-order valence-corrected chi connectivity index (χ3v) is 3.48. The minimum absolute atomic E-state index is 0.172. The molecule has 0 saturated heterocycles. The molecule has 5 nitrogen and oxygen atoms in total. The normalized spacial score (nSPS) is 11.5. The lowest BCUT2D eigenvalue weighted by Gasteiger charge is -2.21.